The second-order valence-corrected chi connectivity index (χ2v) is 6.59. The molecule has 1 heterocycles. The van der Waals surface area contributed by atoms with E-state index in [1.807, 2.05) is 0 Å². The van der Waals surface area contributed by atoms with Gasteiger partial charge in [0.15, 0.2) is 5.69 Å². The predicted octanol–water partition coefficient (Wildman–Crippen LogP) is 6.76. The molecule has 0 atom stereocenters. The smallest absolute Gasteiger partial charge is 0.236 e. The fourth-order valence-electron chi connectivity index (χ4n) is 2.68. The Bertz CT molecular complexity index is 1100. The molecule has 0 fully saturated rings. The van der Waals surface area contributed by atoms with E-state index in [0.29, 0.717) is 12.1 Å². The van der Waals surface area contributed by atoms with Gasteiger partial charge in [-0.3, -0.25) is 0 Å². The molecule has 0 unspecified atom stereocenters. The van der Waals surface area contributed by atoms with Gasteiger partial charge >= 0.3 is 12.4 Å². The largest absolute Gasteiger partial charge is 0.417 e. The Morgan fingerprint density at radius 1 is 0.897 bits per heavy atom. The van der Waals surface area contributed by atoms with Crippen LogP contribution < -0.4 is 0 Å². The molecule has 2 aromatic carbocycles. The van der Waals surface area contributed by atoms with E-state index in [2.05, 4.69) is 5.10 Å². The van der Waals surface area contributed by atoms with Crippen LogP contribution in [0, 0.1) is 11.3 Å². The molecule has 0 bridgehead atoms. The highest BCUT2D eigenvalue weighted by atomic mass is 35.5. The number of alkyl halides is 6. The summed E-state index contributed by atoms with van der Waals surface area (Å²) in [5.41, 5.74) is -3.18. The third-order valence-corrected chi connectivity index (χ3v) is 4.49. The quantitative estimate of drug-likeness (QED) is 0.405. The number of benzene rings is 2. The number of nitriles is 1. The lowest BCUT2D eigenvalue weighted by Crippen LogP contribution is -2.07. The van der Waals surface area contributed by atoms with Crippen molar-refractivity contribution >= 4 is 23.2 Å². The van der Waals surface area contributed by atoms with Crippen molar-refractivity contribution in [2.24, 2.45) is 0 Å². The number of hydrogen-bond acceptors (Lipinski definition) is 2. The molecular formula is C18H7Cl2F6N3. The highest BCUT2D eigenvalue weighted by molar-refractivity contribution is 6.37. The zero-order chi connectivity index (χ0) is 21.6. The minimum atomic E-state index is -4.70. The minimum absolute atomic E-state index is 0.174. The standard InChI is InChI=1S/C18H7Cl2F6N3/c19-13-5-9(17(21,22)23)6-14(20)16(13)29-8-11(15(7-27)28-29)10-3-1-2-4-12(10)18(24,25)26/h1-6,8H. The van der Waals surface area contributed by atoms with Crippen LogP contribution in [0.5, 0.6) is 0 Å². The van der Waals surface area contributed by atoms with E-state index in [1.165, 1.54) is 12.1 Å². The highest BCUT2D eigenvalue weighted by Gasteiger charge is 2.35. The third kappa shape index (κ3) is 4.04. The van der Waals surface area contributed by atoms with Gasteiger partial charge in [-0.2, -0.15) is 36.7 Å². The summed E-state index contributed by atoms with van der Waals surface area (Å²) in [6, 6.07) is 7.42. The van der Waals surface area contributed by atoms with Crippen LogP contribution in [0.3, 0.4) is 0 Å². The molecule has 3 rings (SSSR count). The molecule has 0 amide bonds. The van der Waals surface area contributed by atoms with Crippen LogP contribution in [-0.4, -0.2) is 9.78 Å². The average molecular weight is 450 g/mol. The normalized spacial score (nSPS) is 12.1. The van der Waals surface area contributed by atoms with Crippen molar-refractivity contribution < 1.29 is 26.3 Å². The summed E-state index contributed by atoms with van der Waals surface area (Å²) < 4.78 is 79.5. The number of aromatic nitrogens is 2. The maximum absolute atomic E-state index is 13.3. The first-order valence-electron chi connectivity index (χ1n) is 7.66. The average Bonchev–Trinajstić information content (AvgIpc) is 3.03. The lowest BCUT2D eigenvalue weighted by atomic mass is 10.00. The second kappa shape index (κ2) is 7.28. The van der Waals surface area contributed by atoms with Crippen molar-refractivity contribution in [1.29, 1.82) is 5.26 Å². The van der Waals surface area contributed by atoms with Crippen molar-refractivity contribution in [2.45, 2.75) is 12.4 Å². The first-order chi connectivity index (χ1) is 13.4. The molecule has 150 valence electrons. The Morgan fingerprint density at radius 3 is 2.00 bits per heavy atom. The van der Waals surface area contributed by atoms with E-state index in [4.69, 9.17) is 23.2 Å². The molecule has 0 N–H and O–H groups in total. The fourth-order valence-corrected chi connectivity index (χ4v) is 3.34. The summed E-state index contributed by atoms with van der Waals surface area (Å²) >= 11 is 11.8. The van der Waals surface area contributed by atoms with Crippen LogP contribution in [-0.2, 0) is 12.4 Å². The summed E-state index contributed by atoms with van der Waals surface area (Å²) in [4.78, 5) is 0. The van der Waals surface area contributed by atoms with Crippen molar-refractivity contribution in [2.75, 3.05) is 0 Å². The van der Waals surface area contributed by atoms with Crippen LogP contribution in [0.2, 0.25) is 10.0 Å². The highest BCUT2D eigenvalue weighted by Crippen LogP contribution is 2.40. The molecule has 0 spiro atoms. The van der Waals surface area contributed by atoms with Gasteiger partial charge in [0, 0.05) is 11.8 Å². The first-order valence-corrected chi connectivity index (χ1v) is 8.42. The second-order valence-electron chi connectivity index (χ2n) is 5.78. The topological polar surface area (TPSA) is 41.6 Å². The maximum atomic E-state index is 13.3. The predicted molar refractivity (Wildman–Crippen MR) is 93.7 cm³/mol. The monoisotopic (exact) mass is 449 g/mol. The molecule has 1 aromatic heterocycles. The van der Waals surface area contributed by atoms with E-state index in [9.17, 15) is 31.6 Å². The Morgan fingerprint density at radius 2 is 1.48 bits per heavy atom. The lowest BCUT2D eigenvalue weighted by Gasteiger charge is -2.12. The van der Waals surface area contributed by atoms with Gasteiger partial charge in [-0.15, -0.1) is 0 Å². The molecule has 0 radical (unpaired) electrons. The Labute approximate surface area is 169 Å². The number of halogens is 8. The van der Waals surface area contributed by atoms with Gasteiger partial charge in [0.1, 0.15) is 11.8 Å². The lowest BCUT2D eigenvalue weighted by molar-refractivity contribution is -0.138. The number of nitrogens with zero attached hydrogens (tertiary/aromatic N) is 3. The molecule has 29 heavy (non-hydrogen) atoms. The Kier molecular flexibility index (Phi) is 5.28. The molecule has 11 heteroatoms. The van der Waals surface area contributed by atoms with Crippen molar-refractivity contribution in [3.05, 3.63) is 69.5 Å². The van der Waals surface area contributed by atoms with Gasteiger partial charge < -0.3 is 0 Å². The van der Waals surface area contributed by atoms with Gasteiger partial charge in [0.2, 0.25) is 0 Å². The summed E-state index contributed by atoms with van der Waals surface area (Å²) in [7, 11) is 0. The summed E-state index contributed by atoms with van der Waals surface area (Å²) in [5, 5.41) is 12.3. The Hall–Kier alpha value is -2.70. The molecule has 0 aliphatic rings. The van der Waals surface area contributed by atoms with Gasteiger partial charge in [0.05, 0.1) is 21.2 Å². The number of rotatable bonds is 2. The Balaban J connectivity index is 2.21. The van der Waals surface area contributed by atoms with E-state index in [1.54, 1.807) is 6.07 Å². The van der Waals surface area contributed by atoms with Crippen LogP contribution in [0.15, 0.2) is 42.6 Å². The van der Waals surface area contributed by atoms with Crippen LogP contribution in [0.25, 0.3) is 16.8 Å². The van der Waals surface area contributed by atoms with E-state index >= 15 is 0 Å². The number of hydrogen-bond donors (Lipinski definition) is 0. The molecule has 0 saturated heterocycles. The summed E-state index contributed by atoms with van der Waals surface area (Å²) in [6.45, 7) is 0. The molecule has 0 saturated carbocycles. The van der Waals surface area contributed by atoms with Gasteiger partial charge in [-0.25, -0.2) is 4.68 Å². The van der Waals surface area contributed by atoms with Crippen LogP contribution >= 0.6 is 23.2 Å². The van der Waals surface area contributed by atoms with E-state index in [0.717, 1.165) is 23.0 Å². The molecule has 0 aliphatic carbocycles. The summed E-state index contributed by atoms with van der Waals surface area (Å²) in [5.74, 6) is 0. The summed E-state index contributed by atoms with van der Waals surface area (Å²) in [6.07, 6.45) is -8.34. The van der Waals surface area contributed by atoms with E-state index in [-0.39, 0.29) is 22.5 Å². The fraction of sp³-hybridized carbons (Fsp3) is 0.111. The van der Waals surface area contributed by atoms with Gasteiger partial charge in [0.25, 0.3) is 0 Å². The SMILES string of the molecule is N#Cc1nn(-c2c(Cl)cc(C(F)(F)F)cc2Cl)cc1-c1ccccc1C(F)(F)F. The molecular weight excluding hydrogens is 443 g/mol. The molecule has 0 aliphatic heterocycles. The van der Waals surface area contributed by atoms with Crippen molar-refractivity contribution in [3.63, 3.8) is 0 Å². The third-order valence-electron chi connectivity index (χ3n) is 3.92. The van der Waals surface area contributed by atoms with Gasteiger partial charge in [-0.1, -0.05) is 41.4 Å². The van der Waals surface area contributed by atoms with E-state index < -0.39 is 33.5 Å². The zero-order valence-electron chi connectivity index (χ0n) is 13.9. The zero-order valence-corrected chi connectivity index (χ0v) is 15.4. The first kappa shape index (κ1) is 21.0. The maximum Gasteiger partial charge on any atom is 0.417 e. The van der Waals surface area contributed by atoms with Gasteiger partial charge in [-0.05, 0) is 23.8 Å². The minimum Gasteiger partial charge on any atom is -0.236 e. The van der Waals surface area contributed by atoms with Crippen LogP contribution in [0.4, 0.5) is 26.3 Å². The van der Waals surface area contributed by atoms with Crippen LogP contribution in [0.1, 0.15) is 16.8 Å². The molecule has 3 nitrogen and oxygen atoms in total. The molecule has 3 aromatic rings. The van der Waals surface area contributed by atoms with Crippen molar-refractivity contribution in [3.8, 4) is 22.9 Å². The van der Waals surface area contributed by atoms with Crippen molar-refractivity contribution in [1.82, 2.24) is 9.78 Å².